The monoisotopic (exact) mass is 394 g/mol. The van der Waals surface area contributed by atoms with Crippen molar-refractivity contribution in [2.45, 2.75) is 18.9 Å². The summed E-state index contributed by atoms with van der Waals surface area (Å²) >= 11 is 1.45. The van der Waals surface area contributed by atoms with E-state index < -0.39 is 0 Å². The van der Waals surface area contributed by atoms with E-state index in [1.165, 1.54) is 23.5 Å². The number of carbonyl (C=O) groups excluding carboxylic acids is 1. The third-order valence-corrected chi connectivity index (χ3v) is 6.63. The maximum absolute atomic E-state index is 14.5. The number of fused-ring (bicyclic) bond motifs is 4. The van der Waals surface area contributed by atoms with Gasteiger partial charge in [-0.15, -0.1) is 11.3 Å². The Bertz CT molecular complexity index is 1110. The molecule has 0 saturated carbocycles. The molecule has 3 aromatic rings. The number of likely N-dealkylation sites (tertiary alicyclic amines) is 1. The minimum atomic E-state index is -0.298. The molecule has 2 bridgehead atoms. The molecular formula is C22H19FN2O2S. The lowest BCUT2D eigenvalue weighted by Crippen LogP contribution is -2.49. The molecule has 4 nitrogen and oxygen atoms in total. The van der Waals surface area contributed by atoms with Crippen LogP contribution in [0.3, 0.4) is 0 Å². The van der Waals surface area contributed by atoms with Crippen molar-refractivity contribution in [3.05, 3.63) is 80.7 Å². The number of pyridine rings is 1. The summed E-state index contributed by atoms with van der Waals surface area (Å²) in [5, 5.41) is 1.91. The Kier molecular flexibility index (Phi) is 4.16. The maximum Gasteiger partial charge on any atom is 0.263 e. The van der Waals surface area contributed by atoms with Gasteiger partial charge in [-0.1, -0.05) is 24.3 Å². The molecular weight excluding hydrogens is 375 g/mol. The number of nitrogens with zero attached hydrogens (tertiary/aromatic N) is 2. The second kappa shape index (κ2) is 6.71. The molecule has 1 aromatic carbocycles. The van der Waals surface area contributed by atoms with Gasteiger partial charge in [-0.3, -0.25) is 9.59 Å². The van der Waals surface area contributed by atoms with Gasteiger partial charge in [0.15, 0.2) is 0 Å². The number of hydrogen-bond donors (Lipinski definition) is 0. The van der Waals surface area contributed by atoms with Crippen LogP contribution in [0.15, 0.2) is 58.7 Å². The van der Waals surface area contributed by atoms with Crippen LogP contribution in [0.2, 0.25) is 0 Å². The third-order valence-electron chi connectivity index (χ3n) is 5.77. The van der Waals surface area contributed by atoms with E-state index in [2.05, 4.69) is 0 Å². The first-order chi connectivity index (χ1) is 13.6. The molecule has 5 rings (SSSR count). The van der Waals surface area contributed by atoms with Gasteiger partial charge in [-0.2, -0.15) is 0 Å². The molecule has 0 aliphatic carbocycles. The molecule has 0 radical (unpaired) electrons. The number of aromatic nitrogens is 1. The van der Waals surface area contributed by atoms with Crippen LogP contribution in [0.4, 0.5) is 4.39 Å². The van der Waals surface area contributed by atoms with Gasteiger partial charge in [0.25, 0.3) is 11.5 Å². The topological polar surface area (TPSA) is 42.3 Å². The van der Waals surface area contributed by atoms with Gasteiger partial charge >= 0.3 is 0 Å². The molecule has 4 heterocycles. The smallest absolute Gasteiger partial charge is 0.263 e. The van der Waals surface area contributed by atoms with E-state index in [1.54, 1.807) is 28.8 Å². The van der Waals surface area contributed by atoms with Gasteiger partial charge in [0.2, 0.25) is 0 Å². The van der Waals surface area contributed by atoms with Crippen LogP contribution < -0.4 is 5.56 Å². The molecule has 2 unspecified atom stereocenters. The zero-order chi connectivity index (χ0) is 19.3. The van der Waals surface area contributed by atoms with E-state index >= 15 is 0 Å². The second-order valence-corrected chi connectivity index (χ2v) is 8.49. The van der Waals surface area contributed by atoms with Crippen LogP contribution >= 0.6 is 11.3 Å². The summed E-state index contributed by atoms with van der Waals surface area (Å²) in [7, 11) is 0. The Morgan fingerprint density at radius 1 is 1.00 bits per heavy atom. The Morgan fingerprint density at radius 3 is 2.64 bits per heavy atom. The Hall–Kier alpha value is -2.73. The highest BCUT2D eigenvalue weighted by atomic mass is 32.1. The molecule has 6 heteroatoms. The minimum Gasteiger partial charge on any atom is -0.337 e. The second-order valence-electron chi connectivity index (χ2n) is 7.55. The molecule has 2 aliphatic heterocycles. The molecule has 2 aromatic heterocycles. The van der Waals surface area contributed by atoms with Crippen molar-refractivity contribution in [2.75, 3.05) is 13.1 Å². The summed E-state index contributed by atoms with van der Waals surface area (Å²) in [5.41, 5.74) is 2.07. The number of amides is 1. The van der Waals surface area contributed by atoms with Crippen molar-refractivity contribution in [3.63, 3.8) is 0 Å². The standard InChI is InChI=1S/C22H19FN2O2S/c23-18-5-2-1-4-16(18)17-7-8-20(26)25-12-14-10-15(21(17)25)13-24(11-14)22(27)19-6-3-9-28-19/h1-9,14-15H,10-13H2. The predicted molar refractivity (Wildman–Crippen MR) is 107 cm³/mol. The van der Waals surface area contributed by atoms with Crippen molar-refractivity contribution >= 4 is 17.2 Å². The summed E-state index contributed by atoms with van der Waals surface area (Å²) in [6, 6.07) is 13.6. The van der Waals surface area contributed by atoms with E-state index in [-0.39, 0.29) is 29.1 Å². The van der Waals surface area contributed by atoms with Gasteiger partial charge in [-0.05, 0) is 35.9 Å². The Balaban J connectivity index is 1.59. The quantitative estimate of drug-likeness (QED) is 0.660. The number of rotatable bonds is 2. The summed E-state index contributed by atoms with van der Waals surface area (Å²) in [4.78, 5) is 28.1. The van der Waals surface area contributed by atoms with Gasteiger partial charge in [0.05, 0.1) is 4.88 Å². The van der Waals surface area contributed by atoms with E-state index in [9.17, 15) is 14.0 Å². The number of benzene rings is 1. The van der Waals surface area contributed by atoms with Crippen LogP contribution in [0.5, 0.6) is 0 Å². The number of thiophene rings is 1. The normalized spacial score (nSPS) is 20.7. The molecule has 1 fully saturated rings. The van der Waals surface area contributed by atoms with Crippen LogP contribution in [0.1, 0.15) is 27.7 Å². The molecule has 1 amide bonds. The minimum absolute atomic E-state index is 0.0277. The molecule has 0 N–H and O–H groups in total. The van der Waals surface area contributed by atoms with E-state index in [0.717, 1.165) is 22.6 Å². The first-order valence-corrected chi connectivity index (χ1v) is 10.3. The maximum atomic E-state index is 14.5. The number of halogens is 1. The third kappa shape index (κ3) is 2.79. The number of hydrogen-bond acceptors (Lipinski definition) is 3. The van der Waals surface area contributed by atoms with E-state index in [1.807, 2.05) is 22.4 Å². The lowest BCUT2D eigenvalue weighted by atomic mass is 9.80. The lowest BCUT2D eigenvalue weighted by Gasteiger charge is -2.43. The van der Waals surface area contributed by atoms with Gasteiger partial charge < -0.3 is 9.47 Å². The average Bonchev–Trinajstić information content (AvgIpc) is 3.23. The first-order valence-electron chi connectivity index (χ1n) is 9.43. The predicted octanol–water partition coefficient (Wildman–Crippen LogP) is 3.98. The Morgan fingerprint density at radius 2 is 1.86 bits per heavy atom. The average molecular weight is 394 g/mol. The van der Waals surface area contributed by atoms with Crippen LogP contribution in [0.25, 0.3) is 11.1 Å². The van der Waals surface area contributed by atoms with Crippen molar-refractivity contribution in [1.82, 2.24) is 9.47 Å². The number of carbonyl (C=O) groups is 1. The van der Waals surface area contributed by atoms with E-state index in [0.29, 0.717) is 25.2 Å². The van der Waals surface area contributed by atoms with Crippen LogP contribution in [-0.4, -0.2) is 28.5 Å². The zero-order valence-electron chi connectivity index (χ0n) is 15.2. The van der Waals surface area contributed by atoms with Crippen molar-refractivity contribution < 1.29 is 9.18 Å². The molecule has 2 aliphatic rings. The molecule has 2 atom stereocenters. The lowest BCUT2D eigenvalue weighted by molar-refractivity contribution is 0.0600. The fraction of sp³-hybridized carbons (Fsp3) is 0.273. The SMILES string of the molecule is O=C(c1cccs1)N1CC2CC(C1)c1c(-c3ccccc3F)ccc(=O)n1C2. The van der Waals surface area contributed by atoms with Crippen molar-refractivity contribution in [3.8, 4) is 11.1 Å². The van der Waals surface area contributed by atoms with Crippen molar-refractivity contribution in [1.29, 1.82) is 0 Å². The molecule has 0 spiro atoms. The highest BCUT2D eigenvalue weighted by Crippen LogP contribution is 2.40. The highest BCUT2D eigenvalue weighted by Gasteiger charge is 2.38. The first kappa shape index (κ1) is 17.4. The summed E-state index contributed by atoms with van der Waals surface area (Å²) in [6.45, 7) is 1.78. The summed E-state index contributed by atoms with van der Waals surface area (Å²) < 4.78 is 16.3. The van der Waals surface area contributed by atoms with E-state index in [4.69, 9.17) is 0 Å². The zero-order valence-corrected chi connectivity index (χ0v) is 16.0. The summed E-state index contributed by atoms with van der Waals surface area (Å²) in [6.07, 6.45) is 0.916. The van der Waals surface area contributed by atoms with Gasteiger partial charge in [-0.25, -0.2) is 4.39 Å². The fourth-order valence-corrected chi connectivity index (χ4v) is 5.34. The number of piperidine rings is 1. The molecule has 28 heavy (non-hydrogen) atoms. The van der Waals surface area contributed by atoms with Crippen LogP contribution in [0, 0.1) is 11.7 Å². The van der Waals surface area contributed by atoms with Crippen molar-refractivity contribution in [2.24, 2.45) is 5.92 Å². The Labute approximate surface area is 165 Å². The summed E-state index contributed by atoms with van der Waals surface area (Å²) in [5.74, 6) is 0.0147. The van der Waals surface area contributed by atoms with Gasteiger partial charge in [0.1, 0.15) is 5.82 Å². The largest absolute Gasteiger partial charge is 0.337 e. The molecule has 1 saturated heterocycles. The van der Waals surface area contributed by atoms with Crippen LogP contribution in [-0.2, 0) is 6.54 Å². The molecule has 142 valence electrons. The van der Waals surface area contributed by atoms with Gasteiger partial charge in [0, 0.05) is 48.4 Å². The fourth-order valence-electron chi connectivity index (χ4n) is 4.64. The highest BCUT2D eigenvalue weighted by molar-refractivity contribution is 7.12.